The van der Waals surface area contributed by atoms with Crippen LogP contribution in [0.4, 0.5) is 0 Å². The maximum atomic E-state index is 3.87. The van der Waals surface area contributed by atoms with E-state index in [0.717, 1.165) is 18.0 Å². The molecule has 4 aliphatic heterocycles. The molecule has 3 nitrogen and oxygen atoms in total. The van der Waals surface area contributed by atoms with Gasteiger partial charge in [0.1, 0.15) is 0 Å². The molecule has 4 fully saturated rings. The van der Waals surface area contributed by atoms with Crippen LogP contribution in [0.5, 0.6) is 0 Å². The van der Waals surface area contributed by atoms with Crippen molar-refractivity contribution in [2.24, 2.45) is 5.92 Å². The van der Waals surface area contributed by atoms with Crippen molar-refractivity contribution in [2.75, 3.05) is 39.3 Å². The third kappa shape index (κ3) is 2.89. The SMILES string of the molecule is CC(CNC1CN2CCC1CC2)N1CCCCC1. The highest BCUT2D eigenvalue weighted by molar-refractivity contribution is 4.91. The van der Waals surface area contributed by atoms with Gasteiger partial charge in [-0.05, 0) is 64.7 Å². The summed E-state index contributed by atoms with van der Waals surface area (Å²) in [7, 11) is 0. The Labute approximate surface area is 112 Å². The summed E-state index contributed by atoms with van der Waals surface area (Å²) in [5, 5.41) is 3.87. The molecule has 0 amide bonds. The zero-order chi connectivity index (χ0) is 12.4. The molecule has 2 atom stereocenters. The summed E-state index contributed by atoms with van der Waals surface area (Å²) in [5.41, 5.74) is 0. The Morgan fingerprint density at radius 3 is 2.39 bits per heavy atom. The molecule has 4 saturated heterocycles. The zero-order valence-electron chi connectivity index (χ0n) is 11.9. The van der Waals surface area contributed by atoms with Crippen molar-refractivity contribution in [2.45, 2.75) is 51.1 Å². The Morgan fingerprint density at radius 1 is 1.06 bits per heavy atom. The van der Waals surface area contributed by atoms with E-state index in [9.17, 15) is 0 Å². The molecule has 2 bridgehead atoms. The van der Waals surface area contributed by atoms with Crippen molar-refractivity contribution in [3.05, 3.63) is 0 Å². The molecule has 104 valence electrons. The maximum absolute atomic E-state index is 3.87. The van der Waals surface area contributed by atoms with Crippen molar-refractivity contribution < 1.29 is 0 Å². The standard InChI is InChI=1S/C15H29N3/c1-13(18-7-3-2-4-8-18)11-16-15-12-17-9-5-14(15)6-10-17/h13-16H,2-12H2,1H3. The van der Waals surface area contributed by atoms with Crippen LogP contribution < -0.4 is 5.32 Å². The second-order valence-electron chi connectivity index (χ2n) is 6.60. The summed E-state index contributed by atoms with van der Waals surface area (Å²) in [5.74, 6) is 0.962. The summed E-state index contributed by atoms with van der Waals surface area (Å²) in [6.07, 6.45) is 7.11. The fraction of sp³-hybridized carbons (Fsp3) is 1.00. The third-order valence-corrected chi connectivity index (χ3v) is 5.35. The zero-order valence-corrected chi connectivity index (χ0v) is 11.9. The molecule has 4 heterocycles. The smallest absolute Gasteiger partial charge is 0.0224 e. The van der Waals surface area contributed by atoms with Gasteiger partial charge in [-0.15, -0.1) is 0 Å². The van der Waals surface area contributed by atoms with Gasteiger partial charge in [0.2, 0.25) is 0 Å². The number of nitrogens with one attached hydrogen (secondary N) is 1. The van der Waals surface area contributed by atoms with Crippen LogP contribution in [0.2, 0.25) is 0 Å². The molecule has 0 saturated carbocycles. The van der Waals surface area contributed by atoms with Crippen LogP contribution in [0.15, 0.2) is 0 Å². The van der Waals surface area contributed by atoms with Crippen LogP contribution in [0.3, 0.4) is 0 Å². The number of hydrogen-bond donors (Lipinski definition) is 1. The van der Waals surface area contributed by atoms with Crippen molar-refractivity contribution in [3.8, 4) is 0 Å². The van der Waals surface area contributed by atoms with Crippen LogP contribution in [0.1, 0.15) is 39.0 Å². The van der Waals surface area contributed by atoms with Gasteiger partial charge in [0.15, 0.2) is 0 Å². The van der Waals surface area contributed by atoms with Gasteiger partial charge in [0.25, 0.3) is 0 Å². The predicted octanol–water partition coefficient (Wildman–Crippen LogP) is 1.54. The highest BCUT2D eigenvalue weighted by atomic mass is 15.2. The van der Waals surface area contributed by atoms with Crippen LogP contribution in [-0.2, 0) is 0 Å². The molecule has 2 unspecified atom stereocenters. The van der Waals surface area contributed by atoms with E-state index in [2.05, 4.69) is 22.0 Å². The van der Waals surface area contributed by atoms with Crippen LogP contribution >= 0.6 is 0 Å². The molecule has 0 spiro atoms. The molecule has 0 aromatic heterocycles. The molecule has 0 aromatic rings. The first kappa shape index (κ1) is 12.9. The minimum Gasteiger partial charge on any atom is -0.311 e. The Balaban J connectivity index is 1.43. The first-order valence-corrected chi connectivity index (χ1v) is 8.03. The monoisotopic (exact) mass is 251 g/mol. The van der Waals surface area contributed by atoms with Crippen LogP contribution in [0, 0.1) is 5.92 Å². The highest BCUT2D eigenvalue weighted by Crippen LogP contribution is 2.27. The Kier molecular flexibility index (Phi) is 4.22. The van der Waals surface area contributed by atoms with E-state index in [-0.39, 0.29) is 0 Å². The number of hydrogen-bond acceptors (Lipinski definition) is 3. The van der Waals surface area contributed by atoms with Gasteiger partial charge >= 0.3 is 0 Å². The fourth-order valence-electron chi connectivity index (χ4n) is 4.01. The summed E-state index contributed by atoms with van der Waals surface area (Å²) in [6, 6.07) is 1.50. The van der Waals surface area contributed by atoms with Crippen LogP contribution in [-0.4, -0.2) is 61.2 Å². The van der Waals surface area contributed by atoms with Gasteiger partial charge in [-0.1, -0.05) is 6.42 Å². The van der Waals surface area contributed by atoms with E-state index in [1.807, 2.05) is 0 Å². The first-order valence-electron chi connectivity index (χ1n) is 8.03. The van der Waals surface area contributed by atoms with E-state index in [0.29, 0.717) is 0 Å². The second kappa shape index (κ2) is 5.89. The lowest BCUT2D eigenvalue weighted by Crippen LogP contribution is -2.57. The van der Waals surface area contributed by atoms with Gasteiger partial charge in [0, 0.05) is 25.2 Å². The Hall–Kier alpha value is -0.120. The van der Waals surface area contributed by atoms with E-state index in [4.69, 9.17) is 0 Å². The lowest BCUT2D eigenvalue weighted by molar-refractivity contribution is 0.0668. The molecule has 1 N–H and O–H groups in total. The average molecular weight is 251 g/mol. The number of piperidine rings is 4. The minimum atomic E-state index is 0.723. The molecular formula is C15H29N3. The Morgan fingerprint density at radius 2 is 1.78 bits per heavy atom. The molecule has 0 radical (unpaired) electrons. The number of rotatable bonds is 4. The van der Waals surface area contributed by atoms with Gasteiger partial charge in [-0.3, -0.25) is 4.90 Å². The van der Waals surface area contributed by atoms with Gasteiger partial charge in [-0.25, -0.2) is 0 Å². The Bertz CT molecular complexity index is 254. The first-order chi connectivity index (χ1) is 8.83. The third-order valence-electron chi connectivity index (χ3n) is 5.35. The molecule has 0 aliphatic carbocycles. The normalized spacial score (nSPS) is 38.8. The van der Waals surface area contributed by atoms with Crippen molar-refractivity contribution in [1.82, 2.24) is 15.1 Å². The molecule has 0 aromatic carbocycles. The summed E-state index contributed by atoms with van der Waals surface area (Å²) in [6.45, 7) is 10.2. The summed E-state index contributed by atoms with van der Waals surface area (Å²) >= 11 is 0. The summed E-state index contributed by atoms with van der Waals surface area (Å²) < 4.78 is 0. The molecule has 3 heteroatoms. The number of likely N-dealkylation sites (tertiary alicyclic amines) is 1. The van der Waals surface area contributed by atoms with Gasteiger partial charge in [0.05, 0.1) is 0 Å². The van der Waals surface area contributed by atoms with Crippen LogP contribution in [0.25, 0.3) is 0 Å². The average Bonchev–Trinajstić information content (AvgIpc) is 2.47. The lowest BCUT2D eigenvalue weighted by atomic mass is 9.84. The van der Waals surface area contributed by atoms with Gasteiger partial charge in [-0.2, -0.15) is 0 Å². The van der Waals surface area contributed by atoms with E-state index < -0.39 is 0 Å². The maximum Gasteiger partial charge on any atom is 0.0224 e. The quantitative estimate of drug-likeness (QED) is 0.818. The van der Waals surface area contributed by atoms with E-state index in [1.54, 1.807) is 0 Å². The van der Waals surface area contributed by atoms with Crippen molar-refractivity contribution >= 4 is 0 Å². The lowest BCUT2D eigenvalue weighted by Gasteiger charge is -2.45. The molecule has 18 heavy (non-hydrogen) atoms. The van der Waals surface area contributed by atoms with Gasteiger partial charge < -0.3 is 10.2 Å². The van der Waals surface area contributed by atoms with E-state index >= 15 is 0 Å². The van der Waals surface area contributed by atoms with E-state index in [1.165, 1.54) is 71.4 Å². The molecule has 4 rings (SSSR count). The predicted molar refractivity (Wildman–Crippen MR) is 75.8 cm³/mol. The minimum absolute atomic E-state index is 0.723. The van der Waals surface area contributed by atoms with Crippen molar-refractivity contribution in [1.29, 1.82) is 0 Å². The molecule has 4 aliphatic rings. The van der Waals surface area contributed by atoms with Crippen molar-refractivity contribution in [3.63, 3.8) is 0 Å². The largest absolute Gasteiger partial charge is 0.311 e. The number of fused-ring (bicyclic) bond motifs is 3. The highest BCUT2D eigenvalue weighted by Gasteiger charge is 2.33. The fourth-order valence-corrected chi connectivity index (χ4v) is 4.01. The molecular weight excluding hydrogens is 222 g/mol. The topological polar surface area (TPSA) is 18.5 Å². The summed E-state index contributed by atoms with van der Waals surface area (Å²) in [4.78, 5) is 5.32. The second-order valence-corrected chi connectivity index (χ2v) is 6.60. The number of nitrogens with zero attached hydrogens (tertiary/aromatic N) is 2.